The summed E-state index contributed by atoms with van der Waals surface area (Å²) < 4.78 is 1.16. The number of nitrogens with zero attached hydrogens (tertiary/aromatic N) is 3. The maximum Gasteiger partial charge on any atom is 0.313 e. The van der Waals surface area contributed by atoms with Crippen LogP contribution in [0.3, 0.4) is 0 Å². The summed E-state index contributed by atoms with van der Waals surface area (Å²) in [6, 6.07) is 13.9. The molecule has 1 fully saturated rings. The van der Waals surface area contributed by atoms with Gasteiger partial charge >= 0.3 is 11.8 Å². The Balaban J connectivity index is 1.40. The number of thiophene rings is 1. The molecule has 2 aromatic heterocycles. The lowest BCUT2D eigenvalue weighted by atomic mass is 10.1. The number of amides is 3. The summed E-state index contributed by atoms with van der Waals surface area (Å²) in [5.41, 5.74) is 2.26. The zero-order valence-electron chi connectivity index (χ0n) is 18.3. The van der Waals surface area contributed by atoms with E-state index in [1.54, 1.807) is 28.5 Å². The Morgan fingerprint density at radius 1 is 1.12 bits per heavy atom. The van der Waals surface area contributed by atoms with Crippen LogP contribution >= 0.6 is 11.3 Å². The molecular formula is C24H23N5O3S. The van der Waals surface area contributed by atoms with E-state index in [9.17, 15) is 14.4 Å². The van der Waals surface area contributed by atoms with Crippen LogP contribution < -0.4 is 5.32 Å². The highest BCUT2D eigenvalue weighted by atomic mass is 32.1. The molecule has 0 radical (unpaired) electrons. The number of hydrogen-bond acceptors (Lipinski definition) is 5. The molecule has 2 N–H and O–H groups in total. The van der Waals surface area contributed by atoms with Crippen molar-refractivity contribution in [2.75, 3.05) is 25.0 Å². The number of carbonyl (C=O) groups excluding carboxylic acids is 3. The molecule has 1 saturated heterocycles. The molecule has 0 aliphatic carbocycles. The number of rotatable bonds is 3. The van der Waals surface area contributed by atoms with Gasteiger partial charge in [-0.25, -0.2) is 0 Å². The number of aromatic nitrogens is 2. The van der Waals surface area contributed by atoms with Crippen molar-refractivity contribution >= 4 is 55.7 Å². The topological polar surface area (TPSA) is 98.4 Å². The van der Waals surface area contributed by atoms with E-state index in [0.29, 0.717) is 18.8 Å². The summed E-state index contributed by atoms with van der Waals surface area (Å²) in [4.78, 5) is 41.9. The van der Waals surface area contributed by atoms with E-state index in [-0.39, 0.29) is 18.5 Å². The highest BCUT2D eigenvalue weighted by Gasteiger charge is 2.31. The van der Waals surface area contributed by atoms with Crippen LogP contribution in [0.15, 0.2) is 48.7 Å². The van der Waals surface area contributed by atoms with Gasteiger partial charge in [-0.05, 0) is 43.5 Å². The number of aromatic amines is 1. The number of nitrogens with one attached hydrogen (secondary N) is 2. The monoisotopic (exact) mass is 461 g/mol. The number of hydrogen-bond donors (Lipinski definition) is 2. The van der Waals surface area contributed by atoms with Crippen LogP contribution in [0, 0.1) is 0 Å². The zero-order chi connectivity index (χ0) is 23.1. The molecule has 3 amide bonds. The van der Waals surface area contributed by atoms with Crippen LogP contribution in [0.2, 0.25) is 0 Å². The van der Waals surface area contributed by atoms with E-state index in [2.05, 4.69) is 33.7 Å². The van der Waals surface area contributed by atoms with Crippen LogP contribution in [-0.4, -0.2) is 63.4 Å². The maximum atomic E-state index is 12.7. The largest absolute Gasteiger partial charge is 0.337 e. The molecule has 0 bridgehead atoms. The van der Waals surface area contributed by atoms with Crippen LogP contribution in [-0.2, 0) is 14.4 Å². The molecular weight excluding hydrogens is 438 g/mol. The van der Waals surface area contributed by atoms with Crippen molar-refractivity contribution in [1.82, 2.24) is 20.0 Å². The number of piperazine rings is 1. The molecule has 9 heteroatoms. The van der Waals surface area contributed by atoms with Gasteiger partial charge in [-0.2, -0.15) is 5.10 Å². The number of H-pyrrole nitrogens is 1. The molecule has 168 valence electrons. The van der Waals surface area contributed by atoms with Gasteiger partial charge in [0.25, 0.3) is 0 Å². The Morgan fingerprint density at radius 3 is 2.70 bits per heavy atom. The van der Waals surface area contributed by atoms with Gasteiger partial charge in [0.05, 0.1) is 11.7 Å². The molecule has 0 saturated carbocycles. The van der Waals surface area contributed by atoms with Crippen molar-refractivity contribution in [2.45, 2.75) is 19.9 Å². The van der Waals surface area contributed by atoms with E-state index in [1.165, 1.54) is 4.90 Å². The third kappa shape index (κ3) is 3.95. The standard InChI is InChI=1S/C24H23N5O3S/c1-14(2)29-8-7-28(13-21(29)30)24(32)23(31)26-17-9-16-12-25-27-22(16)18(11-17)20-10-15-5-3-4-6-19(15)33-20/h3-6,9-12,14H,7-8,13H2,1-2H3,(H,25,27)(H,26,31). The van der Waals surface area contributed by atoms with Gasteiger partial charge in [0.1, 0.15) is 6.54 Å². The summed E-state index contributed by atoms with van der Waals surface area (Å²) in [5, 5.41) is 11.9. The number of carbonyl (C=O) groups is 3. The fraction of sp³-hybridized carbons (Fsp3) is 0.250. The fourth-order valence-corrected chi connectivity index (χ4v) is 5.26. The molecule has 3 heterocycles. The summed E-state index contributed by atoms with van der Waals surface area (Å²) in [6.07, 6.45) is 1.69. The zero-order valence-corrected chi connectivity index (χ0v) is 19.1. The van der Waals surface area contributed by atoms with Crippen molar-refractivity contribution in [3.8, 4) is 10.4 Å². The Labute approximate surface area is 194 Å². The first kappa shape index (κ1) is 21.1. The minimum absolute atomic E-state index is 0.0672. The maximum absolute atomic E-state index is 12.7. The van der Waals surface area contributed by atoms with Crippen molar-refractivity contribution in [3.05, 3.63) is 48.7 Å². The fourth-order valence-electron chi connectivity index (χ4n) is 4.17. The molecule has 4 aromatic rings. The lowest BCUT2D eigenvalue weighted by Crippen LogP contribution is -2.56. The SMILES string of the molecule is CC(C)N1CCN(C(=O)C(=O)Nc2cc(-c3cc4ccccc4s3)c3[nH]ncc3c2)CC1=O. The van der Waals surface area contributed by atoms with Gasteiger partial charge in [0.2, 0.25) is 5.91 Å². The molecule has 0 atom stereocenters. The summed E-state index contributed by atoms with van der Waals surface area (Å²) in [5.74, 6) is -1.61. The van der Waals surface area contributed by atoms with Gasteiger partial charge in [-0.1, -0.05) is 18.2 Å². The van der Waals surface area contributed by atoms with Gasteiger partial charge in [-0.15, -0.1) is 11.3 Å². The minimum atomic E-state index is -0.758. The van der Waals surface area contributed by atoms with Crippen molar-refractivity contribution in [3.63, 3.8) is 0 Å². The van der Waals surface area contributed by atoms with E-state index in [1.807, 2.05) is 32.0 Å². The average Bonchev–Trinajstić information content (AvgIpc) is 3.44. The molecule has 0 unspecified atom stereocenters. The first-order valence-electron chi connectivity index (χ1n) is 10.8. The lowest BCUT2D eigenvalue weighted by Gasteiger charge is -2.36. The normalized spacial score (nSPS) is 14.5. The first-order chi connectivity index (χ1) is 15.9. The molecule has 5 rings (SSSR count). The summed E-state index contributed by atoms with van der Waals surface area (Å²) in [6.45, 7) is 4.54. The number of anilines is 1. The van der Waals surface area contributed by atoms with Crippen LogP contribution in [0.1, 0.15) is 13.8 Å². The minimum Gasteiger partial charge on any atom is -0.337 e. The van der Waals surface area contributed by atoms with E-state index < -0.39 is 11.8 Å². The van der Waals surface area contributed by atoms with E-state index in [4.69, 9.17) is 0 Å². The third-order valence-corrected chi connectivity index (χ3v) is 7.01. The van der Waals surface area contributed by atoms with E-state index in [0.717, 1.165) is 31.4 Å². The Bertz CT molecular complexity index is 1360. The molecule has 33 heavy (non-hydrogen) atoms. The predicted octanol–water partition coefficient (Wildman–Crippen LogP) is 3.46. The van der Waals surface area contributed by atoms with E-state index >= 15 is 0 Å². The lowest BCUT2D eigenvalue weighted by molar-refractivity contribution is -0.150. The molecule has 0 spiro atoms. The summed E-state index contributed by atoms with van der Waals surface area (Å²) >= 11 is 1.65. The molecule has 1 aliphatic heterocycles. The number of fused-ring (bicyclic) bond motifs is 2. The molecule has 1 aliphatic rings. The van der Waals surface area contributed by atoms with Gasteiger partial charge < -0.3 is 15.1 Å². The third-order valence-electron chi connectivity index (χ3n) is 5.86. The Kier molecular flexibility index (Phi) is 5.33. The highest BCUT2D eigenvalue weighted by Crippen LogP contribution is 2.38. The van der Waals surface area contributed by atoms with Crippen LogP contribution in [0.4, 0.5) is 5.69 Å². The highest BCUT2D eigenvalue weighted by molar-refractivity contribution is 7.22. The van der Waals surface area contributed by atoms with Crippen molar-refractivity contribution < 1.29 is 14.4 Å². The smallest absolute Gasteiger partial charge is 0.313 e. The second kappa shape index (κ2) is 8.32. The molecule has 2 aromatic carbocycles. The second-order valence-electron chi connectivity index (χ2n) is 8.37. The quantitative estimate of drug-likeness (QED) is 0.457. The van der Waals surface area contributed by atoms with Crippen molar-refractivity contribution in [2.24, 2.45) is 0 Å². The van der Waals surface area contributed by atoms with Crippen LogP contribution in [0.5, 0.6) is 0 Å². The predicted molar refractivity (Wildman–Crippen MR) is 129 cm³/mol. The molecule has 8 nitrogen and oxygen atoms in total. The first-order valence-corrected chi connectivity index (χ1v) is 11.6. The van der Waals surface area contributed by atoms with Crippen LogP contribution in [0.25, 0.3) is 31.4 Å². The Morgan fingerprint density at radius 2 is 1.94 bits per heavy atom. The average molecular weight is 462 g/mol. The van der Waals surface area contributed by atoms with Gasteiger partial charge in [0, 0.05) is 45.3 Å². The van der Waals surface area contributed by atoms with Crippen molar-refractivity contribution in [1.29, 1.82) is 0 Å². The Hall–Kier alpha value is -3.72. The summed E-state index contributed by atoms with van der Waals surface area (Å²) in [7, 11) is 0. The second-order valence-corrected chi connectivity index (χ2v) is 9.45. The van der Waals surface area contributed by atoms with Gasteiger partial charge in [0.15, 0.2) is 0 Å². The van der Waals surface area contributed by atoms with Gasteiger partial charge in [-0.3, -0.25) is 19.5 Å². The number of benzene rings is 2.